The van der Waals surface area contributed by atoms with Crippen molar-refractivity contribution in [2.24, 2.45) is 52.3 Å². The topological polar surface area (TPSA) is 20.2 Å². The maximum Gasteiger partial charge on any atom is 0.126 e. The molecule has 36 heavy (non-hydrogen) atoms. The fourth-order valence-corrected chi connectivity index (χ4v) is 10.1. The second-order valence-electron chi connectivity index (χ2n) is 14.5. The molecule has 0 saturated heterocycles. The van der Waals surface area contributed by atoms with Crippen LogP contribution in [0.5, 0.6) is 0 Å². The summed E-state index contributed by atoms with van der Waals surface area (Å²) in [5, 5.41) is 11.5. The Labute approximate surface area is 222 Å². The second kappa shape index (κ2) is 10.1. The Morgan fingerprint density at radius 1 is 0.861 bits per heavy atom. The largest absolute Gasteiger partial charge is 0.378 e. The maximum atomic E-state index is 11.5. The first-order valence-electron chi connectivity index (χ1n) is 15.5. The van der Waals surface area contributed by atoms with Gasteiger partial charge in [-0.15, -0.1) is 0 Å². The van der Waals surface area contributed by atoms with Crippen molar-refractivity contribution in [3.63, 3.8) is 0 Å². The van der Waals surface area contributed by atoms with Gasteiger partial charge >= 0.3 is 0 Å². The van der Waals surface area contributed by atoms with E-state index >= 15 is 0 Å². The van der Waals surface area contributed by atoms with Gasteiger partial charge in [-0.2, -0.15) is 0 Å². The average Bonchev–Trinajstić information content (AvgIpc) is 3.21. The highest BCUT2D eigenvalue weighted by Gasteiger charge is 2.61. The van der Waals surface area contributed by atoms with E-state index in [2.05, 4.69) is 46.5 Å². The van der Waals surface area contributed by atoms with Crippen LogP contribution >= 0.6 is 0 Å². The van der Waals surface area contributed by atoms with Crippen molar-refractivity contribution in [2.75, 3.05) is 0 Å². The molecule has 1 nitrogen and oxygen atoms in total. The van der Waals surface area contributed by atoms with Crippen molar-refractivity contribution < 1.29 is 5.11 Å². The normalized spacial score (nSPS) is 42.6. The number of hydrogen-bond acceptors (Lipinski definition) is 1. The summed E-state index contributed by atoms with van der Waals surface area (Å²) in [6.07, 6.45) is 15.6. The molecule has 4 fully saturated rings. The summed E-state index contributed by atoms with van der Waals surface area (Å²) in [6.45, 7) is 12.6. The lowest BCUT2D eigenvalue weighted by Gasteiger charge is -2.62. The minimum absolute atomic E-state index is 0.395. The molecule has 0 heterocycles. The van der Waals surface area contributed by atoms with Crippen LogP contribution in [0.1, 0.15) is 117 Å². The minimum atomic E-state index is -0.806. The molecule has 198 valence electrons. The van der Waals surface area contributed by atoms with Crippen LogP contribution in [0.15, 0.2) is 30.3 Å². The standard InChI is InChI=1S/C35H52O/c1-25(2)10-9-11-26(3)30-16-17-31-29-15-14-28-24-35(36,21-18-27-12-7-6-8-13-27)23-22-33(28,4)32(29)19-20-34(30,31)5/h6-8,12-13,25-26,28-32,36H,9-11,14-17,19-20,22-24H2,1-5H3/t26-,28-,29+,30-,31+,32+,33-,34+,35-/m0/s1. The monoisotopic (exact) mass is 488 g/mol. The van der Waals surface area contributed by atoms with E-state index < -0.39 is 5.60 Å². The fraction of sp³-hybridized carbons (Fsp3) is 0.771. The maximum absolute atomic E-state index is 11.5. The highest BCUT2D eigenvalue weighted by Crippen LogP contribution is 2.68. The van der Waals surface area contributed by atoms with Crippen molar-refractivity contribution in [2.45, 2.75) is 117 Å². The van der Waals surface area contributed by atoms with Crippen LogP contribution in [0.25, 0.3) is 0 Å². The highest BCUT2D eigenvalue weighted by atomic mass is 16.3. The molecule has 0 amide bonds. The van der Waals surface area contributed by atoms with Gasteiger partial charge in [0.25, 0.3) is 0 Å². The first kappa shape index (κ1) is 26.4. The molecule has 1 N–H and O–H groups in total. The predicted octanol–water partition coefficient (Wildman–Crippen LogP) is 8.89. The van der Waals surface area contributed by atoms with Crippen molar-refractivity contribution >= 4 is 0 Å². The smallest absolute Gasteiger partial charge is 0.126 e. The molecule has 4 aliphatic rings. The number of rotatable bonds is 5. The average molecular weight is 489 g/mol. The van der Waals surface area contributed by atoms with Gasteiger partial charge in [0, 0.05) is 5.56 Å². The van der Waals surface area contributed by atoms with E-state index in [1.807, 2.05) is 30.3 Å². The predicted molar refractivity (Wildman–Crippen MR) is 151 cm³/mol. The van der Waals surface area contributed by atoms with Crippen LogP contribution in [-0.4, -0.2) is 10.7 Å². The molecular weight excluding hydrogens is 436 g/mol. The van der Waals surface area contributed by atoms with Gasteiger partial charge in [-0.3, -0.25) is 0 Å². The Balaban J connectivity index is 1.27. The van der Waals surface area contributed by atoms with Crippen LogP contribution in [0.2, 0.25) is 0 Å². The zero-order valence-corrected chi connectivity index (χ0v) is 23.9. The quantitative estimate of drug-likeness (QED) is 0.410. The Morgan fingerprint density at radius 3 is 2.36 bits per heavy atom. The lowest BCUT2D eigenvalue weighted by Crippen LogP contribution is -2.55. The van der Waals surface area contributed by atoms with Crippen LogP contribution in [-0.2, 0) is 0 Å². The van der Waals surface area contributed by atoms with Crippen LogP contribution < -0.4 is 0 Å². The lowest BCUT2D eigenvalue weighted by atomic mass is 9.43. The third kappa shape index (κ3) is 4.82. The van der Waals surface area contributed by atoms with Gasteiger partial charge in [0.2, 0.25) is 0 Å². The molecular formula is C35H52O. The molecule has 1 aromatic rings. The zero-order valence-electron chi connectivity index (χ0n) is 23.9. The molecule has 1 heteroatoms. The molecule has 0 spiro atoms. The molecule has 0 aromatic heterocycles. The van der Waals surface area contributed by atoms with Gasteiger partial charge in [0.05, 0.1) is 0 Å². The number of fused-ring (bicyclic) bond motifs is 5. The first-order chi connectivity index (χ1) is 17.1. The van der Waals surface area contributed by atoms with Crippen molar-refractivity contribution in [1.82, 2.24) is 0 Å². The van der Waals surface area contributed by atoms with E-state index in [0.717, 1.165) is 60.3 Å². The number of hydrogen-bond donors (Lipinski definition) is 1. The zero-order chi connectivity index (χ0) is 25.6. The lowest BCUT2D eigenvalue weighted by molar-refractivity contribution is -0.140. The van der Waals surface area contributed by atoms with E-state index in [-0.39, 0.29) is 0 Å². The van der Waals surface area contributed by atoms with E-state index in [4.69, 9.17) is 0 Å². The van der Waals surface area contributed by atoms with E-state index in [1.54, 1.807) is 0 Å². The summed E-state index contributed by atoms with van der Waals surface area (Å²) in [5.74, 6) is 12.6. The van der Waals surface area contributed by atoms with Crippen molar-refractivity contribution in [3.05, 3.63) is 35.9 Å². The fourth-order valence-electron chi connectivity index (χ4n) is 10.1. The second-order valence-corrected chi connectivity index (χ2v) is 14.5. The van der Waals surface area contributed by atoms with E-state index in [1.165, 1.54) is 57.8 Å². The van der Waals surface area contributed by atoms with Crippen LogP contribution in [0.4, 0.5) is 0 Å². The van der Waals surface area contributed by atoms with Crippen LogP contribution in [0.3, 0.4) is 0 Å². The number of benzene rings is 1. The third-order valence-electron chi connectivity index (χ3n) is 12.1. The first-order valence-corrected chi connectivity index (χ1v) is 15.5. The molecule has 0 radical (unpaired) electrons. The molecule has 1 aromatic carbocycles. The van der Waals surface area contributed by atoms with Gasteiger partial charge in [-0.25, -0.2) is 0 Å². The van der Waals surface area contributed by atoms with Crippen LogP contribution in [0, 0.1) is 64.1 Å². The summed E-state index contributed by atoms with van der Waals surface area (Å²) in [4.78, 5) is 0. The summed E-state index contributed by atoms with van der Waals surface area (Å²) >= 11 is 0. The Morgan fingerprint density at radius 2 is 1.61 bits per heavy atom. The molecule has 0 aliphatic heterocycles. The number of aliphatic hydroxyl groups is 1. The Bertz CT molecular complexity index is 954. The SMILES string of the molecule is CC(C)CCC[C@H](C)[C@@H]1CC[C@@H]2[C@H]3CC[C@H]4C[C@](O)(C#Cc5ccccc5)CC[C@]4(C)[C@@H]3CC[C@@]21C. The van der Waals surface area contributed by atoms with Crippen molar-refractivity contribution in [3.8, 4) is 11.8 Å². The van der Waals surface area contributed by atoms with Gasteiger partial charge in [-0.05, 0) is 122 Å². The Hall–Kier alpha value is -1.26. The van der Waals surface area contributed by atoms with Crippen molar-refractivity contribution in [1.29, 1.82) is 0 Å². The molecule has 0 unspecified atom stereocenters. The summed E-state index contributed by atoms with van der Waals surface area (Å²) in [5.41, 5.74) is 1.17. The summed E-state index contributed by atoms with van der Waals surface area (Å²) in [6, 6.07) is 10.2. The molecule has 4 aliphatic carbocycles. The van der Waals surface area contributed by atoms with Gasteiger partial charge in [-0.1, -0.05) is 83.9 Å². The van der Waals surface area contributed by atoms with E-state index in [0.29, 0.717) is 16.7 Å². The molecule has 4 saturated carbocycles. The molecule has 0 bridgehead atoms. The highest BCUT2D eigenvalue weighted by molar-refractivity contribution is 5.36. The Kier molecular flexibility index (Phi) is 7.42. The molecule has 5 rings (SSSR count). The third-order valence-corrected chi connectivity index (χ3v) is 12.1. The summed E-state index contributed by atoms with van der Waals surface area (Å²) in [7, 11) is 0. The minimum Gasteiger partial charge on any atom is -0.378 e. The van der Waals surface area contributed by atoms with Gasteiger partial charge in [0.1, 0.15) is 5.60 Å². The molecule has 9 atom stereocenters. The van der Waals surface area contributed by atoms with Gasteiger partial charge < -0.3 is 5.11 Å². The summed E-state index contributed by atoms with van der Waals surface area (Å²) < 4.78 is 0. The van der Waals surface area contributed by atoms with Gasteiger partial charge in [0.15, 0.2) is 0 Å². The van der Waals surface area contributed by atoms with E-state index in [9.17, 15) is 5.11 Å².